The van der Waals surface area contributed by atoms with Crippen LogP contribution in [0.4, 0.5) is 14.5 Å². The Morgan fingerprint density at radius 2 is 2.12 bits per heavy atom. The number of hydrogen-bond acceptors (Lipinski definition) is 2. The van der Waals surface area contributed by atoms with E-state index in [-0.39, 0.29) is 11.0 Å². The summed E-state index contributed by atoms with van der Waals surface area (Å²) in [4.78, 5) is 12.6. The van der Waals surface area contributed by atoms with E-state index >= 15 is 0 Å². The highest BCUT2D eigenvalue weighted by Crippen LogP contribution is 2.46. The molecule has 0 radical (unpaired) electrons. The summed E-state index contributed by atoms with van der Waals surface area (Å²) in [6.45, 7) is 8.45. The van der Waals surface area contributed by atoms with Gasteiger partial charge in [0.15, 0.2) is 0 Å². The van der Waals surface area contributed by atoms with Crippen LogP contribution in [0.3, 0.4) is 0 Å². The minimum atomic E-state index is -2.81. The number of aryl methyl sites for hydroxylation is 2. The maximum Gasteiger partial charge on any atom is 0.282 e. The van der Waals surface area contributed by atoms with E-state index in [0.717, 1.165) is 29.5 Å². The van der Waals surface area contributed by atoms with E-state index in [4.69, 9.17) is 0 Å². The number of hydrogen-bond donors (Lipinski definition) is 1. The van der Waals surface area contributed by atoms with Crippen LogP contribution in [0, 0.1) is 5.41 Å². The highest BCUT2D eigenvalue weighted by molar-refractivity contribution is 6.06. The molecule has 0 fully saturated rings. The predicted octanol–water partition coefficient (Wildman–Crippen LogP) is 4.60. The molecule has 3 rings (SSSR count). The van der Waals surface area contributed by atoms with Crippen molar-refractivity contribution in [3.8, 4) is 0 Å². The molecular formula is C19H21F2N3O. The van der Waals surface area contributed by atoms with Gasteiger partial charge in [-0.05, 0) is 35.5 Å². The van der Waals surface area contributed by atoms with Gasteiger partial charge in [0.1, 0.15) is 5.69 Å². The number of carbonyl (C=O) groups is 1. The van der Waals surface area contributed by atoms with Crippen molar-refractivity contribution in [1.82, 2.24) is 9.78 Å². The number of carbonyl (C=O) groups excluding carboxylic acids is 1. The minimum Gasteiger partial charge on any atom is -0.321 e. The predicted molar refractivity (Wildman–Crippen MR) is 93.7 cm³/mol. The summed E-state index contributed by atoms with van der Waals surface area (Å²) in [7, 11) is 1.51. The number of benzene rings is 1. The SMILES string of the molecule is C=C1c2c(cccc2NC(=O)c2cn(C)nc2C(F)F)CCC1(C)C. The fourth-order valence-electron chi connectivity index (χ4n) is 3.24. The van der Waals surface area contributed by atoms with Crippen LogP contribution in [0.2, 0.25) is 0 Å². The first kappa shape index (κ1) is 17.3. The number of nitrogens with zero attached hydrogens (tertiary/aromatic N) is 2. The van der Waals surface area contributed by atoms with Crippen LogP contribution in [0.1, 0.15) is 53.9 Å². The summed E-state index contributed by atoms with van der Waals surface area (Å²) in [5, 5.41) is 6.46. The van der Waals surface area contributed by atoms with Crippen LogP contribution in [0.25, 0.3) is 5.57 Å². The van der Waals surface area contributed by atoms with Gasteiger partial charge in [-0.1, -0.05) is 32.6 Å². The van der Waals surface area contributed by atoms with Crippen molar-refractivity contribution >= 4 is 17.2 Å². The summed E-state index contributed by atoms with van der Waals surface area (Å²) in [6.07, 6.45) is 0.375. The molecule has 0 unspecified atom stereocenters. The number of nitrogens with one attached hydrogen (secondary N) is 1. The zero-order chi connectivity index (χ0) is 18.4. The zero-order valence-corrected chi connectivity index (χ0v) is 14.6. The lowest BCUT2D eigenvalue weighted by Gasteiger charge is -2.35. The average Bonchev–Trinajstić information content (AvgIpc) is 2.94. The Labute approximate surface area is 145 Å². The first-order valence-corrected chi connectivity index (χ1v) is 8.15. The van der Waals surface area contributed by atoms with Gasteiger partial charge in [0.05, 0.1) is 5.56 Å². The van der Waals surface area contributed by atoms with Crippen LogP contribution in [0.15, 0.2) is 31.0 Å². The van der Waals surface area contributed by atoms with Gasteiger partial charge in [0.25, 0.3) is 12.3 Å². The van der Waals surface area contributed by atoms with Crippen molar-refractivity contribution in [2.24, 2.45) is 12.5 Å². The van der Waals surface area contributed by atoms with Crippen molar-refractivity contribution in [3.63, 3.8) is 0 Å². The number of aromatic nitrogens is 2. The molecule has 2 aromatic rings. The summed E-state index contributed by atoms with van der Waals surface area (Å²) >= 11 is 0. The second kappa shape index (κ2) is 6.10. The Kier molecular flexibility index (Phi) is 4.22. The number of rotatable bonds is 3. The average molecular weight is 345 g/mol. The van der Waals surface area contributed by atoms with Gasteiger partial charge in [-0.15, -0.1) is 0 Å². The van der Waals surface area contributed by atoms with Crippen LogP contribution in [-0.4, -0.2) is 15.7 Å². The van der Waals surface area contributed by atoms with Gasteiger partial charge in [0.2, 0.25) is 0 Å². The maximum absolute atomic E-state index is 13.1. The third-order valence-corrected chi connectivity index (χ3v) is 4.85. The lowest BCUT2D eigenvalue weighted by atomic mass is 9.70. The third-order valence-electron chi connectivity index (χ3n) is 4.85. The first-order valence-electron chi connectivity index (χ1n) is 8.15. The van der Waals surface area contributed by atoms with Crippen LogP contribution < -0.4 is 5.32 Å². The number of alkyl halides is 2. The summed E-state index contributed by atoms with van der Waals surface area (Å²) in [6, 6.07) is 5.65. The zero-order valence-electron chi connectivity index (χ0n) is 14.6. The van der Waals surface area contributed by atoms with E-state index in [0.29, 0.717) is 5.69 Å². The van der Waals surface area contributed by atoms with Crippen molar-refractivity contribution < 1.29 is 13.6 Å². The van der Waals surface area contributed by atoms with E-state index in [1.54, 1.807) is 6.07 Å². The number of allylic oxidation sites excluding steroid dienone is 1. The van der Waals surface area contributed by atoms with Crippen molar-refractivity contribution in [3.05, 3.63) is 53.4 Å². The number of anilines is 1. The molecule has 1 N–H and O–H groups in total. The molecule has 1 aliphatic rings. The van der Waals surface area contributed by atoms with Gasteiger partial charge < -0.3 is 5.32 Å². The normalized spacial score (nSPS) is 16.0. The van der Waals surface area contributed by atoms with Crippen molar-refractivity contribution in [1.29, 1.82) is 0 Å². The number of fused-ring (bicyclic) bond motifs is 1. The number of halogens is 2. The molecule has 25 heavy (non-hydrogen) atoms. The van der Waals surface area contributed by atoms with E-state index < -0.39 is 18.0 Å². The van der Waals surface area contributed by atoms with Crippen molar-refractivity contribution in [2.75, 3.05) is 5.32 Å². The molecule has 0 spiro atoms. The molecule has 1 aromatic heterocycles. The molecule has 1 amide bonds. The Morgan fingerprint density at radius 1 is 1.40 bits per heavy atom. The fraction of sp³-hybridized carbons (Fsp3) is 0.368. The molecule has 0 atom stereocenters. The standard InChI is InChI=1S/C19H21F2N3O/c1-11-15-12(8-9-19(11,2)3)6-5-7-14(15)22-18(25)13-10-24(4)23-16(13)17(20)21/h5-7,10,17H,1,8-9H2,2-4H3,(H,22,25). The molecule has 0 aliphatic heterocycles. The lowest BCUT2D eigenvalue weighted by molar-refractivity contribution is 0.101. The molecule has 0 saturated heterocycles. The highest BCUT2D eigenvalue weighted by Gasteiger charge is 2.31. The second-order valence-electron chi connectivity index (χ2n) is 7.06. The van der Waals surface area contributed by atoms with Gasteiger partial charge in [-0.3, -0.25) is 9.48 Å². The van der Waals surface area contributed by atoms with Gasteiger partial charge in [-0.25, -0.2) is 8.78 Å². The monoisotopic (exact) mass is 345 g/mol. The van der Waals surface area contributed by atoms with E-state index in [9.17, 15) is 13.6 Å². The van der Waals surface area contributed by atoms with Crippen LogP contribution in [0.5, 0.6) is 0 Å². The van der Waals surface area contributed by atoms with E-state index in [1.807, 2.05) is 12.1 Å². The molecule has 0 saturated carbocycles. The maximum atomic E-state index is 13.1. The molecule has 1 aromatic carbocycles. The smallest absolute Gasteiger partial charge is 0.282 e. The summed E-state index contributed by atoms with van der Waals surface area (Å²) in [5.74, 6) is -0.590. The lowest BCUT2D eigenvalue weighted by Crippen LogP contribution is -2.23. The summed E-state index contributed by atoms with van der Waals surface area (Å²) in [5.41, 5.74) is 2.88. The molecule has 1 heterocycles. The Morgan fingerprint density at radius 3 is 2.80 bits per heavy atom. The molecular weight excluding hydrogens is 324 g/mol. The van der Waals surface area contributed by atoms with Crippen LogP contribution in [-0.2, 0) is 13.5 Å². The topological polar surface area (TPSA) is 46.9 Å². The quantitative estimate of drug-likeness (QED) is 0.884. The third kappa shape index (κ3) is 3.08. The molecule has 6 heteroatoms. The minimum absolute atomic E-state index is 0.0731. The van der Waals surface area contributed by atoms with Crippen LogP contribution >= 0.6 is 0 Å². The Balaban J connectivity index is 1.98. The number of amides is 1. The fourth-order valence-corrected chi connectivity index (χ4v) is 3.24. The summed E-state index contributed by atoms with van der Waals surface area (Å²) < 4.78 is 27.4. The molecule has 0 bridgehead atoms. The van der Waals surface area contributed by atoms with E-state index in [2.05, 4.69) is 30.8 Å². The highest BCUT2D eigenvalue weighted by atomic mass is 19.3. The Hall–Kier alpha value is -2.50. The van der Waals surface area contributed by atoms with Gasteiger partial charge in [-0.2, -0.15) is 5.10 Å². The van der Waals surface area contributed by atoms with Crippen molar-refractivity contribution in [2.45, 2.75) is 33.1 Å². The van der Waals surface area contributed by atoms with E-state index in [1.165, 1.54) is 17.9 Å². The molecule has 132 valence electrons. The molecule has 1 aliphatic carbocycles. The second-order valence-corrected chi connectivity index (χ2v) is 7.06. The first-order chi connectivity index (χ1) is 11.7. The van der Waals surface area contributed by atoms with Gasteiger partial charge >= 0.3 is 0 Å². The molecule has 4 nitrogen and oxygen atoms in total. The largest absolute Gasteiger partial charge is 0.321 e. The Bertz CT molecular complexity index is 852. The van der Waals surface area contributed by atoms with Gasteiger partial charge in [0, 0.05) is 24.5 Å².